The summed E-state index contributed by atoms with van der Waals surface area (Å²) in [6, 6.07) is 15.9. The summed E-state index contributed by atoms with van der Waals surface area (Å²) < 4.78 is 2.08. The molecule has 2 aromatic carbocycles. The van der Waals surface area contributed by atoms with Gasteiger partial charge in [0.2, 0.25) is 0 Å². The number of nitrogens with zero attached hydrogens (tertiary/aromatic N) is 1. The van der Waals surface area contributed by atoms with Crippen molar-refractivity contribution in [2.45, 2.75) is 33.4 Å². The van der Waals surface area contributed by atoms with Crippen LogP contribution in [0.25, 0.3) is 6.08 Å². The fourth-order valence-electron chi connectivity index (χ4n) is 3.77. The molecular formula is C25H27ClN2O2. The molecule has 5 heteroatoms. The zero-order chi connectivity index (χ0) is 21.7. The minimum Gasteiger partial charge on any atom is -0.478 e. The summed E-state index contributed by atoms with van der Waals surface area (Å²) >= 11 is 6.22. The number of aromatic nitrogens is 1. The largest absolute Gasteiger partial charge is 0.478 e. The maximum absolute atomic E-state index is 12.0. The molecule has 2 N–H and O–H groups in total. The molecule has 0 bridgehead atoms. The van der Waals surface area contributed by atoms with Crippen molar-refractivity contribution in [1.29, 1.82) is 0 Å². The molecule has 0 aliphatic rings. The topological polar surface area (TPSA) is 54.3 Å². The quantitative estimate of drug-likeness (QED) is 0.449. The van der Waals surface area contributed by atoms with Crippen LogP contribution in [0.5, 0.6) is 0 Å². The molecule has 0 fully saturated rings. The van der Waals surface area contributed by atoms with Crippen LogP contribution < -0.4 is 5.32 Å². The van der Waals surface area contributed by atoms with Crippen LogP contribution in [0.1, 0.15) is 44.0 Å². The number of nitrogens with one attached hydrogen (secondary N) is 1. The zero-order valence-electron chi connectivity index (χ0n) is 17.4. The highest BCUT2D eigenvalue weighted by atomic mass is 35.5. The molecule has 4 nitrogen and oxygen atoms in total. The molecule has 0 aliphatic heterocycles. The minimum absolute atomic E-state index is 0.389. The molecule has 0 radical (unpaired) electrons. The van der Waals surface area contributed by atoms with Gasteiger partial charge in [0, 0.05) is 35.1 Å². The van der Waals surface area contributed by atoms with Gasteiger partial charge in [-0.05, 0) is 49.6 Å². The van der Waals surface area contributed by atoms with Crippen LogP contribution in [0.3, 0.4) is 0 Å². The van der Waals surface area contributed by atoms with E-state index in [-0.39, 0.29) is 0 Å². The molecule has 0 saturated carbocycles. The van der Waals surface area contributed by atoms with E-state index >= 15 is 0 Å². The van der Waals surface area contributed by atoms with Crippen LogP contribution >= 0.6 is 11.6 Å². The second-order valence-corrected chi connectivity index (χ2v) is 7.79. The van der Waals surface area contributed by atoms with E-state index < -0.39 is 5.97 Å². The van der Waals surface area contributed by atoms with Crippen LogP contribution in [-0.2, 0) is 19.5 Å². The summed E-state index contributed by atoms with van der Waals surface area (Å²) in [7, 11) is 0. The molecular weight excluding hydrogens is 396 g/mol. The summed E-state index contributed by atoms with van der Waals surface area (Å²) in [5, 5.41) is 14.0. The third kappa shape index (κ3) is 4.84. The predicted molar refractivity (Wildman–Crippen MR) is 123 cm³/mol. The normalized spacial score (nSPS) is 10.9. The van der Waals surface area contributed by atoms with Crippen molar-refractivity contribution in [2.24, 2.45) is 0 Å². The van der Waals surface area contributed by atoms with Gasteiger partial charge < -0.3 is 15.0 Å². The van der Waals surface area contributed by atoms with Gasteiger partial charge >= 0.3 is 5.97 Å². The Bertz CT molecular complexity index is 1050. The highest BCUT2D eigenvalue weighted by Gasteiger charge is 2.22. The lowest BCUT2D eigenvalue weighted by Crippen LogP contribution is -2.19. The van der Waals surface area contributed by atoms with Gasteiger partial charge in [0.25, 0.3) is 0 Å². The average molecular weight is 423 g/mol. The number of carboxylic acids is 1. The van der Waals surface area contributed by atoms with Gasteiger partial charge in [-0.1, -0.05) is 66.7 Å². The average Bonchev–Trinajstić information content (AvgIpc) is 2.97. The third-order valence-corrected chi connectivity index (χ3v) is 5.88. The van der Waals surface area contributed by atoms with E-state index in [1.807, 2.05) is 56.3 Å². The van der Waals surface area contributed by atoms with Gasteiger partial charge in [-0.3, -0.25) is 0 Å². The number of benzene rings is 2. The first-order chi connectivity index (χ1) is 14.4. The van der Waals surface area contributed by atoms with Crippen molar-refractivity contribution in [3.05, 3.63) is 99.3 Å². The lowest BCUT2D eigenvalue weighted by atomic mass is 10.1. The monoisotopic (exact) mass is 422 g/mol. The van der Waals surface area contributed by atoms with Crippen LogP contribution in [0.15, 0.2) is 55.1 Å². The van der Waals surface area contributed by atoms with Gasteiger partial charge in [-0.2, -0.15) is 0 Å². The Labute approximate surface area is 182 Å². The van der Waals surface area contributed by atoms with E-state index in [0.717, 1.165) is 51.6 Å². The van der Waals surface area contributed by atoms with Crippen molar-refractivity contribution >= 4 is 23.6 Å². The predicted octanol–water partition coefficient (Wildman–Crippen LogP) is 5.48. The molecule has 3 rings (SSSR count). The molecule has 30 heavy (non-hydrogen) atoms. The SMILES string of the molecule is C=Cc1ccc(Cn2c(C)c(CNCCc3ccccc3Cl)c(C(=O)O)c2C)cc1. The van der Waals surface area contributed by atoms with Crippen molar-refractivity contribution in [2.75, 3.05) is 6.54 Å². The molecule has 0 spiro atoms. The number of rotatable bonds is 9. The third-order valence-electron chi connectivity index (χ3n) is 5.51. The van der Waals surface area contributed by atoms with Crippen molar-refractivity contribution in [1.82, 2.24) is 9.88 Å². The van der Waals surface area contributed by atoms with E-state index in [4.69, 9.17) is 11.6 Å². The summed E-state index contributed by atoms with van der Waals surface area (Å²) in [5.74, 6) is -0.890. The zero-order valence-corrected chi connectivity index (χ0v) is 18.2. The Kier molecular flexibility index (Phi) is 7.14. The molecule has 3 aromatic rings. The van der Waals surface area contributed by atoms with E-state index in [9.17, 15) is 9.90 Å². The molecule has 1 aromatic heterocycles. The Hall–Kier alpha value is -2.82. The van der Waals surface area contributed by atoms with Gasteiger partial charge in [0.15, 0.2) is 0 Å². The Balaban J connectivity index is 1.76. The van der Waals surface area contributed by atoms with Gasteiger partial charge in [0.05, 0.1) is 5.56 Å². The highest BCUT2D eigenvalue weighted by Crippen LogP contribution is 2.24. The molecule has 0 amide bonds. The molecule has 156 valence electrons. The lowest BCUT2D eigenvalue weighted by molar-refractivity contribution is 0.0694. The summed E-state index contributed by atoms with van der Waals surface area (Å²) in [4.78, 5) is 12.0. The second kappa shape index (κ2) is 9.79. The number of halogens is 1. The van der Waals surface area contributed by atoms with E-state index in [1.54, 1.807) is 0 Å². The molecule has 0 unspecified atom stereocenters. The number of carboxylic acid groups (broad SMARTS) is 1. The summed E-state index contributed by atoms with van der Waals surface area (Å²) in [5.41, 5.74) is 6.24. The van der Waals surface area contributed by atoms with Gasteiger partial charge in [-0.15, -0.1) is 0 Å². The van der Waals surface area contributed by atoms with Crippen LogP contribution in [0.4, 0.5) is 0 Å². The molecule has 1 heterocycles. The fraction of sp³-hybridized carbons (Fsp3) is 0.240. The van der Waals surface area contributed by atoms with E-state index in [1.165, 1.54) is 0 Å². The smallest absolute Gasteiger partial charge is 0.337 e. The fourth-order valence-corrected chi connectivity index (χ4v) is 4.00. The van der Waals surface area contributed by atoms with Crippen LogP contribution in [0, 0.1) is 13.8 Å². The second-order valence-electron chi connectivity index (χ2n) is 7.38. The maximum atomic E-state index is 12.0. The van der Waals surface area contributed by atoms with E-state index in [0.29, 0.717) is 18.7 Å². The Morgan fingerprint density at radius 2 is 1.83 bits per heavy atom. The number of hydrogen-bond donors (Lipinski definition) is 2. The van der Waals surface area contributed by atoms with Crippen LogP contribution in [-0.4, -0.2) is 22.2 Å². The van der Waals surface area contributed by atoms with Gasteiger partial charge in [0.1, 0.15) is 0 Å². The summed E-state index contributed by atoms with van der Waals surface area (Å²) in [6.07, 6.45) is 2.60. The first-order valence-electron chi connectivity index (χ1n) is 9.99. The van der Waals surface area contributed by atoms with Crippen molar-refractivity contribution < 1.29 is 9.90 Å². The standard InChI is InChI=1S/C25H27ClN2O2/c1-4-19-9-11-20(12-10-19)16-28-17(2)22(24(18(28)3)25(29)30)15-27-14-13-21-7-5-6-8-23(21)26/h4-12,27H,1,13-16H2,2-3H3,(H,29,30). The molecule has 0 saturated heterocycles. The first kappa shape index (κ1) is 21.9. The number of hydrogen-bond acceptors (Lipinski definition) is 2. The lowest BCUT2D eigenvalue weighted by Gasteiger charge is -2.11. The van der Waals surface area contributed by atoms with Crippen molar-refractivity contribution in [3.8, 4) is 0 Å². The van der Waals surface area contributed by atoms with E-state index in [2.05, 4.69) is 28.6 Å². The van der Waals surface area contributed by atoms with Gasteiger partial charge in [-0.25, -0.2) is 4.79 Å². The highest BCUT2D eigenvalue weighted by molar-refractivity contribution is 6.31. The minimum atomic E-state index is -0.890. The number of carbonyl (C=O) groups is 1. The summed E-state index contributed by atoms with van der Waals surface area (Å²) in [6.45, 7) is 9.50. The molecule has 0 atom stereocenters. The maximum Gasteiger partial charge on any atom is 0.337 e. The first-order valence-corrected chi connectivity index (χ1v) is 10.4. The molecule has 0 aliphatic carbocycles. The van der Waals surface area contributed by atoms with Crippen molar-refractivity contribution in [3.63, 3.8) is 0 Å². The number of aromatic carboxylic acids is 1. The Morgan fingerprint density at radius 3 is 2.47 bits per heavy atom. The Morgan fingerprint density at radius 1 is 1.13 bits per heavy atom. The van der Waals surface area contributed by atoms with Crippen LogP contribution in [0.2, 0.25) is 5.02 Å².